The van der Waals surface area contributed by atoms with Crippen LogP contribution in [0.4, 0.5) is 0 Å². The van der Waals surface area contributed by atoms with E-state index in [2.05, 4.69) is 29.8 Å². The Morgan fingerprint density at radius 3 is 2.73 bits per heavy atom. The predicted octanol–water partition coefficient (Wildman–Crippen LogP) is 3.82. The van der Waals surface area contributed by atoms with Crippen molar-refractivity contribution in [3.05, 3.63) is 66.2 Å². The van der Waals surface area contributed by atoms with Crippen molar-refractivity contribution in [3.63, 3.8) is 0 Å². The number of morpholine rings is 1. The highest BCUT2D eigenvalue weighted by molar-refractivity contribution is 7.98. The van der Waals surface area contributed by atoms with Gasteiger partial charge in [0, 0.05) is 30.6 Å². The van der Waals surface area contributed by atoms with E-state index >= 15 is 0 Å². The Kier molecular flexibility index (Phi) is 6.06. The molecule has 0 aliphatic carbocycles. The molecule has 5 nitrogen and oxygen atoms in total. The molecule has 1 unspecified atom stereocenters. The number of hydrogen-bond acceptors (Lipinski definition) is 4. The van der Waals surface area contributed by atoms with Crippen molar-refractivity contribution in [2.24, 2.45) is 0 Å². The van der Waals surface area contributed by atoms with Crippen LogP contribution in [-0.4, -0.2) is 55.8 Å². The average molecular weight is 421 g/mol. The maximum absolute atomic E-state index is 12.7. The molecule has 1 heterocycles. The van der Waals surface area contributed by atoms with Crippen molar-refractivity contribution >= 4 is 34.3 Å². The normalized spacial score (nSPS) is 16.7. The lowest BCUT2D eigenvalue weighted by Crippen LogP contribution is -2.48. The molecule has 3 aromatic rings. The summed E-state index contributed by atoms with van der Waals surface area (Å²) in [5.74, 6) is -0.180. The Hall–Kier alpha value is -2.83. The molecule has 3 aromatic carbocycles. The number of fused-ring (bicyclic) bond motifs is 1. The summed E-state index contributed by atoms with van der Waals surface area (Å²) in [7, 11) is 1.75. The molecule has 0 saturated carbocycles. The van der Waals surface area contributed by atoms with Gasteiger partial charge in [-0.3, -0.25) is 9.59 Å². The highest BCUT2D eigenvalue weighted by Gasteiger charge is 2.23. The summed E-state index contributed by atoms with van der Waals surface area (Å²) in [5.41, 5.74) is 2.96. The Balaban J connectivity index is 1.54. The van der Waals surface area contributed by atoms with E-state index in [1.807, 2.05) is 42.5 Å². The molecule has 1 saturated heterocycles. The smallest absolute Gasteiger partial charge is 0.251 e. The summed E-state index contributed by atoms with van der Waals surface area (Å²) >= 11 is 1.73. The van der Waals surface area contributed by atoms with Gasteiger partial charge in [0.1, 0.15) is 6.61 Å². The lowest BCUT2D eigenvalue weighted by Gasteiger charge is -2.29. The van der Waals surface area contributed by atoms with Crippen molar-refractivity contribution < 1.29 is 14.3 Å². The summed E-state index contributed by atoms with van der Waals surface area (Å²) < 4.78 is 5.50. The lowest BCUT2D eigenvalue weighted by atomic mass is 9.97. The van der Waals surface area contributed by atoms with Crippen LogP contribution in [0.2, 0.25) is 0 Å². The summed E-state index contributed by atoms with van der Waals surface area (Å²) in [6, 6.07) is 20.3. The minimum absolute atomic E-state index is 0.0362. The van der Waals surface area contributed by atoms with Crippen molar-refractivity contribution in [2.75, 3.05) is 33.0 Å². The van der Waals surface area contributed by atoms with Gasteiger partial charge >= 0.3 is 0 Å². The highest BCUT2D eigenvalue weighted by Crippen LogP contribution is 2.35. The molecule has 0 spiro atoms. The molecule has 0 bridgehead atoms. The van der Waals surface area contributed by atoms with Crippen LogP contribution in [0.15, 0.2) is 65.6 Å². The molecule has 1 N–H and O–H groups in total. The standard InChI is InChI=1S/C24H24N2O3S/c1-26-14-18(29-15-23(26)27)13-25-24(28)17-10-11-19-16(12-17)6-5-8-20(19)21-7-3-4-9-22(21)30-2/h3-12,18H,13-15H2,1-2H3,(H,25,28). The van der Waals surface area contributed by atoms with Gasteiger partial charge in [0.25, 0.3) is 5.91 Å². The van der Waals surface area contributed by atoms with E-state index in [0.29, 0.717) is 18.7 Å². The van der Waals surface area contributed by atoms with Crippen LogP contribution >= 0.6 is 11.8 Å². The number of ether oxygens (including phenoxy) is 1. The maximum Gasteiger partial charge on any atom is 0.251 e. The Morgan fingerprint density at radius 1 is 1.13 bits per heavy atom. The molecular formula is C24H24N2O3S. The fourth-order valence-corrected chi connectivity index (χ4v) is 4.33. The molecule has 30 heavy (non-hydrogen) atoms. The molecule has 0 radical (unpaired) electrons. The number of thioether (sulfide) groups is 1. The van der Waals surface area contributed by atoms with E-state index in [9.17, 15) is 9.59 Å². The predicted molar refractivity (Wildman–Crippen MR) is 121 cm³/mol. The van der Waals surface area contributed by atoms with Gasteiger partial charge in [-0.25, -0.2) is 0 Å². The third kappa shape index (κ3) is 4.20. The number of benzene rings is 3. The second-order valence-corrected chi connectivity index (χ2v) is 8.21. The fraction of sp³-hybridized carbons (Fsp3) is 0.250. The zero-order valence-corrected chi connectivity index (χ0v) is 17.9. The van der Waals surface area contributed by atoms with Crippen LogP contribution in [0.25, 0.3) is 21.9 Å². The minimum Gasteiger partial charge on any atom is -0.365 e. The third-order valence-corrected chi connectivity index (χ3v) is 6.17. The number of amides is 2. The Bertz CT molecular complexity index is 1100. The maximum atomic E-state index is 12.7. The molecule has 1 aliphatic rings. The summed E-state index contributed by atoms with van der Waals surface area (Å²) in [6.45, 7) is 0.915. The first-order valence-electron chi connectivity index (χ1n) is 9.87. The van der Waals surface area contributed by atoms with Crippen LogP contribution in [0.3, 0.4) is 0 Å². The minimum atomic E-state index is -0.188. The SMILES string of the molecule is CSc1ccccc1-c1cccc2cc(C(=O)NCC3CN(C)C(=O)CO3)ccc12. The number of nitrogens with zero attached hydrogens (tertiary/aromatic N) is 1. The van der Waals surface area contributed by atoms with Crippen LogP contribution in [0.5, 0.6) is 0 Å². The number of nitrogens with one attached hydrogen (secondary N) is 1. The molecule has 1 atom stereocenters. The second kappa shape index (κ2) is 8.90. The van der Waals surface area contributed by atoms with Crippen LogP contribution in [0, 0.1) is 0 Å². The van der Waals surface area contributed by atoms with Gasteiger partial charge in [0.2, 0.25) is 5.91 Å². The molecule has 4 rings (SSSR count). The average Bonchev–Trinajstić information content (AvgIpc) is 2.78. The van der Waals surface area contributed by atoms with E-state index in [-0.39, 0.29) is 24.5 Å². The molecule has 6 heteroatoms. The van der Waals surface area contributed by atoms with Crippen LogP contribution < -0.4 is 5.32 Å². The quantitative estimate of drug-likeness (QED) is 0.638. The zero-order valence-electron chi connectivity index (χ0n) is 17.1. The van der Waals surface area contributed by atoms with Crippen molar-refractivity contribution in [1.29, 1.82) is 0 Å². The Morgan fingerprint density at radius 2 is 1.93 bits per heavy atom. The second-order valence-electron chi connectivity index (χ2n) is 7.36. The highest BCUT2D eigenvalue weighted by atomic mass is 32.2. The topological polar surface area (TPSA) is 58.6 Å². The molecule has 0 aromatic heterocycles. The first-order valence-corrected chi connectivity index (χ1v) is 11.1. The monoisotopic (exact) mass is 420 g/mol. The van der Waals surface area contributed by atoms with Crippen LogP contribution in [-0.2, 0) is 9.53 Å². The molecule has 2 amide bonds. The van der Waals surface area contributed by atoms with Gasteiger partial charge in [-0.15, -0.1) is 11.8 Å². The summed E-state index contributed by atoms with van der Waals surface area (Å²) in [4.78, 5) is 27.0. The number of carbonyl (C=O) groups excluding carboxylic acids is 2. The van der Waals surface area contributed by atoms with Gasteiger partial charge in [0.05, 0.1) is 6.10 Å². The first kappa shape index (κ1) is 20.4. The lowest BCUT2D eigenvalue weighted by molar-refractivity contribution is -0.146. The number of likely N-dealkylation sites (N-methyl/N-ethyl adjacent to an activating group) is 1. The van der Waals surface area contributed by atoms with Gasteiger partial charge in [-0.1, -0.05) is 42.5 Å². The van der Waals surface area contributed by atoms with Crippen molar-refractivity contribution in [3.8, 4) is 11.1 Å². The number of rotatable bonds is 5. The van der Waals surface area contributed by atoms with Gasteiger partial charge < -0.3 is 15.0 Å². The summed E-state index contributed by atoms with van der Waals surface area (Å²) in [6.07, 6.45) is 1.89. The van der Waals surface area contributed by atoms with Crippen molar-refractivity contribution in [1.82, 2.24) is 10.2 Å². The van der Waals surface area contributed by atoms with Gasteiger partial charge in [-0.05, 0) is 46.4 Å². The van der Waals surface area contributed by atoms with E-state index < -0.39 is 0 Å². The van der Waals surface area contributed by atoms with Crippen molar-refractivity contribution in [2.45, 2.75) is 11.0 Å². The van der Waals surface area contributed by atoms with E-state index in [0.717, 1.165) is 16.3 Å². The zero-order chi connectivity index (χ0) is 21.1. The molecular weight excluding hydrogens is 396 g/mol. The first-order chi connectivity index (χ1) is 14.6. The van der Waals surface area contributed by atoms with Gasteiger partial charge in [-0.2, -0.15) is 0 Å². The molecule has 1 fully saturated rings. The van der Waals surface area contributed by atoms with Crippen LogP contribution in [0.1, 0.15) is 10.4 Å². The molecule has 1 aliphatic heterocycles. The number of carbonyl (C=O) groups is 2. The van der Waals surface area contributed by atoms with E-state index in [1.54, 1.807) is 23.7 Å². The Labute approximate surface area is 180 Å². The van der Waals surface area contributed by atoms with E-state index in [1.165, 1.54) is 10.5 Å². The fourth-order valence-electron chi connectivity index (χ4n) is 3.72. The van der Waals surface area contributed by atoms with E-state index in [4.69, 9.17) is 4.74 Å². The van der Waals surface area contributed by atoms with Gasteiger partial charge in [0.15, 0.2) is 0 Å². The third-order valence-electron chi connectivity index (χ3n) is 5.38. The summed E-state index contributed by atoms with van der Waals surface area (Å²) in [5, 5.41) is 5.07. The largest absolute Gasteiger partial charge is 0.365 e. The molecule has 154 valence electrons. The number of hydrogen-bond donors (Lipinski definition) is 1.